The fourth-order valence-corrected chi connectivity index (χ4v) is 1.60. The molecule has 0 aliphatic rings. The van der Waals surface area contributed by atoms with Gasteiger partial charge in [0.15, 0.2) is 0 Å². The fraction of sp³-hybridized carbons (Fsp3) is 0. The Morgan fingerprint density at radius 1 is 0.938 bits per heavy atom. The van der Waals surface area contributed by atoms with Gasteiger partial charge in [0.1, 0.15) is 6.33 Å². The molecule has 0 spiro atoms. The van der Waals surface area contributed by atoms with Crippen LogP contribution < -0.4 is 0 Å². The first-order chi connectivity index (χ1) is 7.86. The minimum Gasteiger partial charge on any atom is -0.236 e. The van der Waals surface area contributed by atoms with Crippen molar-refractivity contribution in [2.24, 2.45) is 0 Å². The van der Waals surface area contributed by atoms with Crippen LogP contribution >= 0.6 is 0 Å². The standard InChI is InChI=1S/C14H12N2/c1-3-12-13(4-2)15-10-16-14(12)11-8-6-5-7-9-11/h3-10H,1-2H2. The van der Waals surface area contributed by atoms with Crippen LogP contribution in [0.2, 0.25) is 0 Å². The molecule has 0 atom stereocenters. The quantitative estimate of drug-likeness (QED) is 0.772. The first-order valence-electron chi connectivity index (χ1n) is 5.02. The van der Waals surface area contributed by atoms with Gasteiger partial charge >= 0.3 is 0 Å². The maximum Gasteiger partial charge on any atom is 0.116 e. The first-order valence-corrected chi connectivity index (χ1v) is 5.02. The lowest BCUT2D eigenvalue weighted by molar-refractivity contribution is 1.15. The minimum atomic E-state index is 0.809. The Hall–Kier alpha value is -2.22. The van der Waals surface area contributed by atoms with Gasteiger partial charge in [-0.1, -0.05) is 49.6 Å². The molecule has 0 saturated carbocycles. The SMILES string of the molecule is C=Cc1ncnc(-c2ccccc2)c1C=C. The summed E-state index contributed by atoms with van der Waals surface area (Å²) in [6.45, 7) is 7.53. The van der Waals surface area contributed by atoms with E-state index in [9.17, 15) is 0 Å². The number of aromatic nitrogens is 2. The highest BCUT2D eigenvalue weighted by molar-refractivity contribution is 5.75. The fourth-order valence-electron chi connectivity index (χ4n) is 1.60. The lowest BCUT2D eigenvalue weighted by Gasteiger charge is -2.06. The summed E-state index contributed by atoms with van der Waals surface area (Å²) < 4.78 is 0. The summed E-state index contributed by atoms with van der Waals surface area (Å²) in [5.74, 6) is 0. The third kappa shape index (κ3) is 1.77. The summed E-state index contributed by atoms with van der Waals surface area (Å²) in [5, 5.41) is 0. The number of hydrogen-bond donors (Lipinski definition) is 0. The third-order valence-electron chi connectivity index (χ3n) is 2.36. The van der Waals surface area contributed by atoms with E-state index in [-0.39, 0.29) is 0 Å². The van der Waals surface area contributed by atoms with Crippen molar-refractivity contribution in [1.29, 1.82) is 0 Å². The second-order valence-corrected chi connectivity index (χ2v) is 3.30. The van der Waals surface area contributed by atoms with Crippen molar-refractivity contribution in [2.75, 3.05) is 0 Å². The van der Waals surface area contributed by atoms with Crippen LogP contribution in [0.15, 0.2) is 49.8 Å². The highest BCUT2D eigenvalue weighted by Crippen LogP contribution is 2.23. The van der Waals surface area contributed by atoms with E-state index in [0.717, 1.165) is 22.5 Å². The molecule has 0 aliphatic carbocycles. The van der Waals surface area contributed by atoms with Gasteiger partial charge in [-0.15, -0.1) is 0 Å². The lowest BCUT2D eigenvalue weighted by atomic mass is 10.0. The monoisotopic (exact) mass is 208 g/mol. The number of benzene rings is 1. The molecule has 2 nitrogen and oxygen atoms in total. The van der Waals surface area contributed by atoms with Crippen molar-refractivity contribution in [3.8, 4) is 11.3 Å². The molecule has 0 N–H and O–H groups in total. The van der Waals surface area contributed by atoms with Gasteiger partial charge in [-0.05, 0) is 6.08 Å². The normalized spacial score (nSPS) is 9.75. The zero-order valence-electron chi connectivity index (χ0n) is 8.93. The van der Waals surface area contributed by atoms with Crippen LogP contribution in [-0.2, 0) is 0 Å². The van der Waals surface area contributed by atoms with Gasteiger partial charge in [-0.3, -0.25) is 0 Å². The molecule has 2 aromatic rings. The zero-order valence-corrected chi connectivity index (χ0v) is 8.93. The maximum atomic E-state index is 4.30. The molecule has 0 radical (unpaired) electrons. The average Bonchev–Trinajstić information content (AvgIpc) is 2.38. The van der Waals surface area contributed by atoms with Gasteiger partial charge in [0.25, 0.3) is 0 Å². The molecule has 78 valence electrons. The van der Waals surface area contributed by atoms with Gasteiger partial charge in [-0.2, -0.15) is 0 Å². The van der Waals surface area contributed by atoms with Crippen molar-refractivity contribution in [3.63, 3.8) is 0 Å². The molecule has 0 amide bonds. The zero-order chi connectivity index (χ0) is 11.4. The van der Waals surface area contributed by atoms with Crippen LogP contribution in [0.5, 0.6) is 0 Å². The molecule has 0 fully saturated rings. The van der Waals surface area contributed by atoms with Gasteiger partial charge in [0.05, 0.1) is 11.4 Å². The average molecular weight is 208 g/mol. The Kier molecular flexibility index (Phi) is 2.92. The summed E-state index contributed by atoms with van der Waals surface area (Å²) >= 11 is 0. The van der Waals surface area contributed by atoms with Crippen LogP contribution in [-0.4, -0.2) is 9.97 Å². The van der Waals surface area contributed by atoms with Gasteiger partial charge in [-0.25, -0.2) is 9.97 Å². The molecule has 16 heavy (non-hydrogen) atoms. The highest BCUT2D eigenvalue weighted by Gasteiger charge is 2.07. The molecule has 2 heteroatoms. The predicted molar refractivity (Wildman–Crippen MR) is 67.7 cm³/mol. The van der Waals surface area contributed by atoms with Crippen molar-refractivity contribution in [1.82, 2.24) is 9.97 Å². The Labute approximate surface area is 95.0 Å². The van der Waals surface area contributed by atoms with Crippen LogP contribution in [0, 0.1) is 0 Å². The van der Waals surface area contributed by atoms with Crippen LogP contribution in [0.1, 0.15) is 11.3 Å². The summed E-state index contributed by atoms with van der Waals surface area (Å²) in [5.41, 5.74) is 3.68. The van der Waals surface area contributed by atoms with E-state index in [4.69, 9.17) is 0 Å². The molecule has 2 rings (SSSR count). The largest absolute Gasteiger partial charge is 0.236 e. The van der Waals surface area contributed by atoms with E-state index in [2.05, 4.69) is 23.1 Å². The lowest BCUT2D eigenvalue weighted by Crippen LogP contribution is -1.94. The topological polar surface area (TPSA) is 25.8 Å². The van der Waals surface area contributed by atoms with E-state index >= 15 is 0 Å². The molecule has 0 saturated heterocycles. The first kappa shape index (κ1) is 10.3. The van der Waals surface area contributed by atoms with Crippen molar-refractivity contribution < 1.29 is 0 Å². The molecule has 1 heterocycles. The van der Waals surface area contributed by atoms with E-state index in [1.54, 1.807) is 18.5 Å². The Morgan fingerprint density at radius 2 is 1.69 bits per heavy atom. The summed E-state index contributed by atoms with van der Waals surface area (Å²) in [7, 11) is 0. The van der Waals surface area contributed by atoms with Gasteiger partial charge < -0.3 is 0 Å². The van der Waals surface area contributed by atoms with Crippen molar-refractivity contribution in [2.45, 2.75) is 0 Å². The third-order valence-corrected chi connectivity index (χ3v) is 2.36. The number of rotatable bonds is 3. The predicted octanol–water partition coefficient (Wildman–Crippen LogP) is 3.43. The van der Waals surface area contributed by atoms with Crippen LogP contribution in [0.25, 0.3) is 23.4 Å². The number of nitrogens with zero attached hydrogens (tertiary/aromatic N) is 2. The molecular formula is C14H12N2. The molecule has 1 aromatic heterocycles. The molecule has 0 unspecified atom stereocenters. The Bertz CT molecular complexity index is 516. The van der Waals surface area contributed by atoms with Gasteiger partial charge in [0.2, 0.25) is 0 Å². The van der Waals surface area contributed by atoms with Gasteiger partial charge in [0, 0.05) is 11.1 Å². The van der Waals surface area contributed by atoms with E-state index < -0.39 is 0 Å². The smallest absolute Gasteiger partial charge is 0.116 e. The Balaban J connectivity index is 2.66. The maximum absolute atomic E-state index is 4.30. The van der Waals surface area contributed by atoms with Crippen LogP contribution in [0.4, 0.5) is 0 Å². The van der Waals surface area contributed by atoms with Crippen molar-refractivity contribution >= 4 is 12.2 Å². The second kappa shape index (κ2) is 4.53. The number of hydrogen-bond acceptors (Lipinski definition) is 2. The van der Waals surface area contributed by atoms with Crippen molar-refractivity contribution in [3.05, 3.63) is 61.1 Å². The van der Waals surface area contributed by atoms with E-state index in [1.807, 2.05) is 30.3 Å². The highest BCUT2D eigenvalue weighted by atomic mass is 14.8. The minimum absolute atomic E-state index is 0.809. The molecule has 0 aliphatic heterocycles. The van der Waals surface area contributed by atoms with E-state index in [0.29, 0.717) is 0 Å². The summed E-state index contributed by atoms with van der Waals surface area (Å²) in [4.78, 5) is 8.45. The molecule has 0 bridgehead atoms. The molecule has 1 aromatic carbocycles. The Morgan fingerprint density at radius 3 is 2.31 bits per heavy atom. The second-order valence-electron chi connectivity index (χ2n) is 3.30. The van der Waals surface area contributed by atoms with E-state index in [1.165, 1.54) is 0 Å². The summed E-state index contributed by atoms with van der Waals surface area (Å²) in [6, 6.07) is 9.98. The summed E-state index contributed by atoms with van der Waals surface area (Å²) in [6.07, 6.45) is 5.02. The van der Waals surface area contributed by atoms with Crippen LogP contribution in [0.3, 0.4) is 0 Å². The molecular weight excluding hydrogens is 196 g/mol.